The second kappa shape index (κ2) is 5.00. The van der Waals surface area contributed by atoms with Crippen LogP contribution in [0.15, 0.2) is 12.4 Å². The van der Waals surface area contributed by atoms with Crippen molar-refractivity contribution in [3.63, 3.8) is 0 Å². The van der Waals surface area contributed by atoms with Gasteiger partial charge in [0.25, 0.3) is 0 Å². The zero-order valence-electron chi connectivity index (χ0n) is 9.32. The highest BCUT2D eigenvalue weighted by molar-refractivity contribution is 5.26. The highest BCUT2D eigenvalue weighted by atomic mass is 16.5. The SMILES string of the molecule is COC(C)CNc1nccn1C(C)C. The van der Waals surface area contributed by atoms with Crippen molar-refractivity contribution < 1.29 is 4.74 Å². The van der Waals surface area contributed by atoms with Crippen LogP contribution in [0, 0.1) is 0 Å². The highest BCUT2D eigenvalue weighted by Gasteiger charge is 2.06. The number of ether oxygens (including phenoxy) is 1. The van der Waals surface area contributed by atoms with Crippen LogP contribution >= 0.6 is 0 Å². The molecule has 0 aromatic carbocycles. The molecule has 0 aliphatic heterocycles. The summed E-state index contributed by atoms with van der Waals surface area (Å²) in [6.07, 6.45) is 3.98. The molecule has 0 aliphatic carbocycles. The maximum absolute atomic E-state index is 5.15. The predicted molar refractivity (Wildman–Crippen MR) is 57.6 cm³/mol. The number of imidazole rings is 1. The molecule has 80 valence electrons. The molecule has 0 radical (unpaired) electrons. The lowest BCUT2D eigenvalue weighted by atomic mass is 10.4. The molecular formula is C10H19N3O. The minimum absolute atomic E-state index is 0.201. The van der Waals surface area contributed by atoms with Crippen LogP contribution in [0.25, 0.3) is 0 Å². The molecule has 1 aromatic rings. The van der Waals surface area contributed by atoms with Gasteiger partial charge in [0.05, 0.1) is 6.10 Å². The lowest BCUT2D eigenvalue weighted by molar-refractivity contribution is 0.128. The third kappa shape index (κ3) is 2.73. The first-order chi connectivity index (χ1) is 6.65. The fourth-order valence-corrected chi connectivity index (χ4v) is 1.19. The summed E-state index contributed by atoms with van der Waals surface area (Å²) in [4.78, 5) is 4.24. The van der Waals surface area contributed by atoms with Crippen molar-refractivity contribution >= 4 is 5.95 Å². The van der Waals surface area contributed by atoms with Gasteiger partial charge >= 0.3 is 0 Å². The van der Waals surface area contributed by atoms with Gasteiger partial charge in [0.1, 0.15) is 0 Å². The van der Waals surface area contributed by atoms with Crippen LogP contribution in [-0.4, -0.2) is 29.3 Å². The lowest BCUT2D eigenvalue weighted by Gasteiger charge is -2.15. The number of nitrogens with zero attached hydrogens (tertiary/aromatic N) is 2. The third-order valence-electron chi connectivity index (χ3n) is 2.18. The summed E-state index contributed by atoms with van der Waals surface area (Å²) >= 11 is 0. The van der Waals surface area contributed by atoms with Crippen LogP contribution in [0.1, 0.15) is 26.8 Å². The number of rotatable bonds is 5. The van der Waals surface area contributed by atoms with Gasteiger partial charge in [0, 0.05) is 32.1 Å². The Morgan fingerprint density at radius 1 is 1.50 bits per heavy atom. The molecule has 1 rings (SSSR count). The van der Waals surface area contributed by atoms with Gasteiger partial charge in [0.15, 0.2) is 0 Å². The first-order valence-corrected chi connectivity index (χ1v) is 4.94. The van der Waals surface area contributed by atoms with Gasteiger partial charge in [-0.05, 0) is 20.8 Å². The normalized spacial score (nSPS) is 13.2. The maximum atomic E-state index is 5.15. The summed E-state index contributed by atoms with van der Waals surface area (Å²) in [5.41, 5.74) is 0. The number of methoxy groups -OCH3 is 1. The molecule has 0 amide bonds. The molecule has 1 heterocycles. The number of nitrogens with one attached hydrogen (secondary N) is 1. The Balaban J connectivity index is 2.54. The van der Waals surface area contributed by atoms with Crippen molar-refractivity contribution in [2.24, 2.45) is 0 Å². The molecule has 0 saturated carbocycles. The van der Waals surface area contributed by atoms with Crippen molar-refractivity contribution in [3.8, 4) is 0 Å². The molecule has 1 aromatic heterocycles. The first-order valence-electron chi connectivity index (χ1n) is 4.94. The molecule has 0 bridgehead atoms. The Labute approximate surface area is 85.3 Å². The largest absolute Gasteiger partial charge is 0.380 e. The fourth-order valence-electron chi connectivity index (χ4n) is 1.19. The van der Waals surface area contributed by atoms with E-state index >= 15 is 0 Å². The van der Waals surface area contributed by atoms with Gasteiger partial charge in [-0.15, -0.1) is 0 Å². The second-order valence-electron chi connectivity index (χ2n) is 3.68. The number of anilines is 1. The van der Waals surface area contributed by atoms with Crippen LogP contribution in [0.2, 0.25) is 0 Å². The van der Waals surface area contributed by atoms with Gasteiger partial charge in [-0.1, -0.05) is 0 Å². The minimum Gasteiger partial charge on any atom is -0.380 e. The molecule has 0 fully saturated rings. The summed E-state index contributed by atoms with van der Waals surface area (Å²) in [5, 5.41) is 3.25. The zero-order chi connectivity index (χ0) is 10.6. The Morgan fingerprint density at radius 2 is 2.21 bits per heavy atom. The van der Waals surface area contributed by atoms with Gasteiger partial charge in [-0.25, -0.2) is 4.98 Å². The Hall–Kier alpha value is -1.03. The molecule has 14 heavy (non-hydrogen) atoms. The Bertz CT molecular complexity index is 270. The lowest BCUT2D eigenvalue weighted by Crippen LogP contribution is -2.20. The molecule has 4 nitrogen and oxygen atoms in total. The van der Waals surface area contributed by atoms with E-state index in [-0.39, 0.29) is 6.10 Å². The summed E-state index contributed by atoms with van der Waals surface area (Å²) in [5.74, 6) is 0.906. The van der Waals surface area contributed by atoms with E-state index in [1.807, 2.05) is 13.1 Å². The van der Waals surface area contributed by atoms with E-state index in [0.717, 1.165) is 12.5 Å². The molecule has 0 spiro atoms. The third-order valence-corrected chi connectivity index (χ3v) is 2.18. The van der Waals surface area contributed by atoms with E-state index in [2.05, 4.69) is 28.7 Å². The van der Waals surface area contributed by atoms with Crippen LogP contribution in [0.5, 0.6) is 0 Å². The van der Waals surface area contributed by atoms with Crippen molar-refractivity contribution in [2.75, 3.05) is 19.0 Å². The fraction of sp³-hybridized carbons (Fsp3) is 0.700. The quantitative estimate of drug-likeness (QED) is 0.783. The van der Waals surface area contributed by atoms with E-state index in [4.69, 9.17) is 4.74 Å². The molecule has 0 saturated heterocycles. The van der Waals surface area contributed by atoms with Crippen molar-refractivity contribution in [3.05, 3.63) is 12.4 Å². The summed E-state index contributed by atoms with van der Waals surface area (Å²) < 4.78 is 7.25. The van der Waals surface area contributed by atoms with E-state index in [0.29, 0.717) is 6.04 Å². The molecule has 1 atom stereocenters. The van der Waals surface area contributed by atoms with Crippen LogP contribution in [0.4, 0.5) is 5.95 Å². The van der Waals surface area contributed by atoms with Gasteiger partial charge in [-0.2, -0.15) is 0 Å². The number of aromatic nitrogens is 2. The van der Waals surface area contributed by atoms with Crippen LogP contribution in [-0.2, 0) is 4.74 Å². The second-order valence-corrected chi connectivity index (χ2v) is 3.68. The van der Waals surface area contributed by atoms with Gasteiger partial charge < -0.3 is 14.6 Å². The smallest absolute Gasteiger partial charge is 0.203 e. The van der Waals surface area contributed by atoms with E-state index in [9.17, 15) is 0 Å². The van der Waals surface area contributed by atoms with Crippen molar-refractivity contribution in [1.29, 1.82) is 0 Å². The first kappa shape index (κ1) is 11.0. The van der Waals surface area contributed by atoms with E-state index < -0.39 is 0 Å². The maximum Gasteiger partial charge on any atom is 0.203 e. The molecule has 1 unspecified atom stereocenters. The zero-order valence-corrected chi connectivity index (χ0v) is 9.32. The van der Waals surface area contributed by atoms with E-state index in [1.165, 1.54) is 0 Å². The molecule has 1 N–H and O–H groups in total. The minimum atomic E-state index is 0.201. The van der Waals surface area contributed by atoms with Gasteiger partial charge in [0.2, 0.25) is 5.95 Å². The average molecular weight is 197 g/mol. The summed E-state index contributed by atoms with van der Waals surface area (Å²) in [6, 6.07) is 0.429. The standard InChI is InChI=1S/C10H19N3O/c1-8(2)13-6-5-11-10(13)12-7-9(3)14-4/h5-6,8-9H,7H2,1-4H3,(H,11,12). The highest BCUT2D eigenvalue weighted by Crippen LogP contribution is 2.12. The summed E-state index contributed by atoms with van der Waals surface area (Å²) in [7, 11) is 1.71. The predicted octanol–water partition coefficient (Wildman–Crippen LogP) is 1.91. The van der Waals surface area contributed by atoms with Crippen molar-refractivity contribution in [2.45, 2.75) is 32.9 Å². The number of hydrogen-bond donors (Lipinski definition) is 1. The summed E-state index contributed by atoms with van der Waals surface area (Å²) in [6.45, 7) is 7.06. The monoisotopic (exact) mass is 197 g/mol. The Morgan fingerprint density at radius 3 is 2.79 bits per heavy atom. The number of hydrogen-bond acceptors (Lipinski definition) is 3. The molecule has 4 heteroatoms. The van der Waals surface area contributed by atoms with Crippen LogP contribution < -0.4 is 5.32 Å². The van der Waals surface area contributed by atoms with Crippen LogP contribution in [0.3, 0.4) is 0 Å². The molecule has 0 aliphatic rings. The average Bonchev–Trinajstić information content (AvgIpc) is 2.62. The topological polar surface area (TPSA) is 39.1 Å². The van der Waals surface area contributed by atoms with Crippen molar-refractivity contribution in [1.82, 2.24) is 9.55 Å². The molecular weight excluding hydrogens is 178 g/mol. The van der Waals surface area contributed by atoms with Gasteiger partial charge in [-0.3, -0.25) is 0 Å². The van der Waals surface area contributed by atoms with E-state index in [1.54, 1.807) is 13.3 Å². The Kier molecular flexibility index (Phi) is 3.95.